The van der Waals surface area contributed by atoms with Crippen LogP contribution >= 0.6 is 0 Å². The molecule has 0 saturated carbocycles. The molecule has 0 aromatic carbocycles. The van der Waals surface area contributed by atoms with Crippen LogP contribution in [0.4, 0.5) is 0 Å². The minimum Gasteiger partial charge on any atom is -0.394 e. The molecule has 2 fully saturated rings. The molecule has 0 spiro atoms. The Morgan fingerprint density at radius 1 is 0.593 bits per heavy atom. The highest BCUT2D eigenvalue weighted by atomic mass is 16.7. The van der Waals surface area contributed by atoms with Crippen molar-refractivity contribution in [2.24, 2.45) is 0 Å². The molecule has 2 aliphatic rings. The molecule has 0 aliphatic carbocycles. The van der Waals surface area contributed by atoms with E-state index in [4.69, 9.17) is 18.9 Å². The van der Waals surface area contributed by atoms with E-state index in [1.54, 1.807) is 6.08 Å². The topological polar surface area (TPSA) is 228 Å². The summed E-state index contributed by atoms with van der Waals surface area (Å²) in [5.74, 6) is -0.252. The van der Waals surface area contributed by atoms with Crippen LogP contribution in [0.5, 0.6) is 0 Å². The van der Waals surface area contributed by atoms with Crippen molar-refractivity contribution >= 4 is 5.91 Å². The summed E-state index contributed by atoms with van der Waals surface area (Å²) in [5.41, 5.74) is 0. The molecular weight excluding hydrogens is 762 g/mol. The standard InChI is InChI=1S/C45H83NO13/c1-3-5-7-9-11-13-15-16-17-19-21-23-25-27-29-37(50)46-33(34(49)28-26-24-22-20-18-14-12-10-8-6-4-2)32-56-44-42(55)40(53)43(36(31-48)58-44)59-45-41(54)39(52)38(51)35(30-47)57-45/h15-16,26,28,33-36,38-45,47-49,51-55H,3-14,17-25,27,29-32H2,1-2H3,(H,46,50)/b16-15-,28-26+. The summed E-state index contributed by atoms with van der Waals surface area (Å²) < 4.78 is 22.6. The first-order valence-corrected chi connectivity index (χ1v) is 23.1. The van der Waals surface area contributed by atoms with Gasteiger partial charge < -0.3 is 65.1 Å². The fourth-order valence-electron chi connectivity index (χ4n) is 7.52. The quantitative estimate of drug-likeness (QED) is 0.0319. The van der Waals surface area contributed by atoms with E-state index in [-0.39, 0.29) is 18.9 Å². The number of nitrogens with one attached hydrogen (secondary N) is 1. The van der Waals surface area contributed by atoms with Crippen molar-refractivity contribution < 1.29 is 64.6 Å². The van der Waals surface area contributed by atoms with E-state index in [2.05, 4.69) is 31.3 Å². The van der Waals surface area contributed by atoms with Crippen LogP contribution in [0, 0.1) is 0 Å². The van der Waals surface area contributed by atoms with Gasteiger partial charge in [0.25, 0.3) is 0 Å². The number of rotatable bonds is 34. The van der Waals surface area contributed by atoms with E-state index in [9.17, 15) is 45.6 Å². The van der Waals surface area contributed by atoms with E-state index in [1.165, 1.54) is 77.0 Å². The van der Waals surface area contributed by atoms with Gasteiger partial charge in [-0.2, -0.15) is 0 Å². The Hall–Kier alpha value is -1.53. The Balaban J connectivity index is 1.90. The molecule has 59 heavy (non-hydrogen) atoms. The van der Waals surface area contributed by atoms with Crippen molar-refractivity contribution in [3.8, 4) is 0 Å². The summed E-state index contributed by atoms with van der Waals surface area (Å²) in [6.45, 7) is 2.73. The number of ether oxygens (including phenoxy) is 4. The number of carbonyl (C=O) groups is 1. The summed E-state index contributed by atoms with van der Waals surface area (Å²) >= 11 is 0. The first-order valence-electron chi connectivity index (χ1n) is 23.1. The number of allylic oxidation sites excluding steroid dienone is 3. The summed E-state index contributed by atoms with van der Waals surface area (Å²) in [5, 5.41) is 86.4. The lowest BCUT2D eigenvalue weighted by Crippen LogP contribution is -2.65. The zero-order valence-electron chi connectivity index (χ0n) is 36.2. The smallest absolute Gasteiger partial charge is 0.220 e. The molecule has 0 aromatic heterocycles. The van der Waals surface area contributed by atoms with Crippen LogP contribution in [0.2, 0.25) is 0 Å². The number of hydrogen-bond acceptors (Lipinski definition) is 13. The third kappa shape index (κ3) is 21.4. The highest BCUT2D eigenvalue weighted by Crippen LogP contribution is 2.30. The fraction of sp³-hybridized carbons (Fsp3) is 0.889. The van der Waals surface area contributed by atoms with Crippen molar-refractivity contribution in [3.63, 3.8) is 0 Å². The van der Waals surface area contributed by atoms with Crippen molar-refractivity contribution in [1.29, 1.82) is 0 Å². The van der Waals surface area contributed by atoms with E-state index < -0.39 is 86.8 Å². The Labute approximate surface area is 354 Å². The summed E-state index contributed by atoms with van der Waals surface area (Å²) in [6, 6.07) is -0.913. The van der Waals surface area contributed by atoms with Gasteiger partial charge in [0.2, 0.25) is 5.91 Å². The molecule has 2 saturated heterocycles. The van der Waals surface area contributed by atoms with Crippen LogP contribution in [-0.4, -0.2) is 140 Å². The maximum Gasteiger partial charge on any atom is 0.220 e. The van der Waals surface area contributed by atoms with Crippen LogP contribution < -0.4 is 5.32 Å². The second kappa shape index (κ2) is 33.1. The molecule has 0 radical (unpaired) electrons. The zero-order chi connectivity index (χ0) is 43.3. The normalized spacial score (nSPS) is 28.7. The van der Waals surface area contributed by atoms with Gasteiger partial charge in [0.05, 0.1) is 32.0 Å². The van der Waals surface area contributed by atoms with Gasteiger partial charge in [-0.3, -0.25) is 4.79 Å². The summed E-state index contributed by atoms with van der Waals surface area (Å²) in [7, 11) is 0. The largest absolute Gasteiger partial charge is 0.394 e. The summed E-state index contributed by atoms with van der Waals surface area (Å²) in [4.78, 5) is 13.1. The van der Waals surface area contributed by atoms with Crippen LogP contribution in [0.25, 0.3) is 0 Å². The first-order chi connectivity index (χ1) is 28.6. The molecular formula is C45H83NO13. The van der Waals surface area contributed by atoms with E-state index in [0.29, 0.717) is 6.42 Å². The molecule has 0 aromatic rings. The lowest BCUT2D eigenvalue weighted by molar-refractivity contribution is -0.359. The Bertz CT molecular complexity index is 1090. The maximum absolute atomic E-state index is 13.1. The van der Waals surface area contributed by atoms with Crippen molar-refractivity contribution in [1.82, 2.24) is 5.32 Å². The van der Waals surface area contributed by atoms with Gasteiger partial charge in [0, 0.05) is 6.42 Å². The SMILES string of the molecule is CCCCCCC/C=C\CCCCCCCC(=O)NC(COC1OC(CO)C(OC2OC(CO)C(O)C(O)C2O)C(O)C1O)C(O)/C=C/CCCCCCCCCCC. The average Bonchev–Trinajstić information content (AvgIpc) is 3.23. The number of aliphatic hydroxyl groups is 8. The average molecular weight is 846 g/mol. The van der Waals surface area contributed by atoms with E-state index >= 15 is 0 Å². The third-order valence-corrected chi connectivity index (χ3v) is 11.4. The van der Waals surface area contributed by atoms with Crippen molar-refractivity contribution in [2.45, 2.75) is 235 Å². The Kier molecular flexibility index (Phi) is 30.1. The highest BCUT2D eigenvalue weighted by molar-refractivity contribution is 5.76. The predicted octanol–water partition coefficient (Wildman–Crippen LogP) is 4.60. The second-order valence-electron chi connectivity index (χ2n) is 16.5. The van der Waals surface area contributed by atoms with Gasteiger partial charge in [-0.25, -0.2) is 0 Å². The fourth-order valence-corrected chi connectivity index (χ4v) is 7.52. The number of hydrogen-bond donors (Lipinski definition) is 9. The van der Waals surface area contributed by atoms with E-state index in [0.717, 1.165) is 57.8 Å². The van der Waals surface area contributed by atoms with Crippen LogP contribution in [0.1, 0.15) is 162 Å². The molecule has 2 heterocycles. The molecule has 12 unspecified atom stereocenters. The number of unbranched alkanes of at least 4 members (excludes halogenated alkanes) is 19. The lowest BCUT2D eigenvalue weighted by Gasteiger charge is -2.46. The number of amides is 1. The van der Waals surface area contributed by atoms with Gasteiger partial charge in [-0.15, -0.1) is 0 Å². The monoisotopic (exact) mass is 846 g/mol. The van der Waals surface area contributed by atoms with Gasteiger partial charge in [0.1, 0.15) is 48.8 Å². The van der Waals surface area contributed by atoms with Crippen LogP contribution in [0.3, 0.4) is 0 Å². The van der Waals surface area contributed by atoms with Crippen LogP contribution in [-0.2, 0) is 23.7 Å². The molecule has 1 amide bonds. The third-order valence-electron chi connectivity index (χ3n) is 11.4. The molecule has 14 heteroatoms. The van der Waals surface area contributed by atoms with Gasteiger partial charge >= 0.3 is 0 Å². The van der Waals surface area contributed by atoms with Crippen molar-refractivity contribution in [3.05, 3.63) is 24.3 Å². The molecule has 2 rings (SSSR count). The Morgan fingerprint density at radius 3 is 1.61 bits per heavy atom. The first kappa shape index (κ1) is 53.6. The lowest BCUT2D eigenvalue weighted by atomic mass is 9.97. The molecule has 2 aliphatic heterocycles. The second-order valence-corrected chi connectivity index (χ2v) is 16.5. The molecule has 9 N–H and O–H groups in total. The zero-order valence-corrected chi connectivity index (χ0v) is 36.2. The summed E-state index contributed by atoms with van der Waals surface area (Å²) in [6.07, 6.45) is 16.5. The number of carbonyl (C=O) groups excluding carboxylic acids is 1. The highest BCUT2D eigenvalue weighted by Gasteiger charge is 2.50. The number of aliphatic hydroxyl groups excluding tert-OH is 8. The predicted molar refractivity (Wildman–Crippen MR) is 226 cm³/mol. The Morgan fingerprint density at radius 2 is 1.07 bits per heavy atom. The van der Waals surface area contributed by atoms with Gasteiger partial charge in [-0.05, 0) is 44.9 Å². The molecule has 12 atom stereocenters. The molecule has 14 nitrogen and oxygen atoms in total. The minimum absolute atomic E-state index is 0.252. The van der Waals surface area contributed by atoms with E-state index in [1.807, 2.05) is 6.08 Å². The van der Waals surface area contributed by atoms with Crippen LogP contribution in [0.15, 0.2) is 24.3 Å². The molecule has 346 valence electrons. The minimum atomic E-state index is -1.79. The van der Waals surface area contributed by atoms with Crippen molar-refractivity contribution in [2.75, 3.05) is 19.8 Å². The van der Waals surface area contributed by atoms with Gasteiger partial charge in [0.15, 0.2) is 12.6 Å². The maximum atomic E-state index is 13.1. The van der Waals surface area contributed by atoms with Gasteiger partial charge in [-0.1, -0.05) is 134 Å². The molecule has 0 bridgehead atoms.